The molecule has 18 heavy (non-hydrogen) atoms. The number of imidazole rings is 1. The maximum Gasteiger partial charge on any atom is 0.261 e. The van der Waals surface area contributed by atoms with Crippen LogP contribution in [0.15, 0.2) is 35.1 Å². The van der Waals surface area contributed by atoms with Crippen LogP contribution in [-0.2, 0) is 0 Å². The Morgan fingerprint density at radius 3 is 2.94 bits per heavy atom. The van der Waals surface area contributed by atoms with Crippen molar-refractivity contribution in [3.05, 3.63) is 36.4 Å². The van der Waals surface area contributed by atoms with Gasteiger partial charge in [-0.05, 0) is 18.2 Å². The van der Waals surface area contributed by atoms with Gasteiger partial charge in [0, 0.05) is 18.1 Å². The lowest BCUT2D eigenvalue weighted by molar-refractivity contribution is 0.429. The predicted octanol–water partition coefficient (Wildman–Crippen LogP) is 1.85. The Balaban J connectivity index is 2.03. The largest absolute Gasteiger partial charge is 0.399 e. The molecule has 0 aliphatic carbocycles. The molecule has 0 unspecified atom stereocenters. The molecule has 0 saturated heterocycles. The molecule has 3 rings (SSSR count). The lowest BCUT2D eigenvalue weighted by Gasteiger charge is -1.97. The van der Waals surface area contributed by atoms with Gasteiger partial charge in [0.25, 0.3) is 5.89 Å². The molecule has 0 radical (unpaired) electrons. The fraction of sp³-hybridized carbons (Fsp3) is 0. The Morgan fingerprint density at radius 1 is 1.33 bits per heavy atom. The summed E-state index contributed by atoms with van der Waals surface area (Å²) < 4.78 is 18.6. The molecule has 7 heteroatoms. The summed E-state index contributed by atoms with van der Waals surface area (Å²) in [6.45, 7) is 0. The molecule has 3 aromatic rings. The van der Waals surface area contributed by atoms with Crippen molar-refractivity contribution in [2.45, 2.75) is 0 Å². The first-order valence-corrected chi connectivity index (χ1v) is 5.13. The van der Waals surface area contributed by atoms with E-state index in [-0.39, 0.29) is 17.3 Å². The van der Waals surface area contributed by atoms with Crippen LogP contribution in [-0.4, -0.2) is 20.1 Å². The summed E-state index contributed by atoms with van der Waals surface area (Å²) in [5.41, 5.74) is 6.00. The zero-order chi connectivity index (χ0) is 12.5. The summed E-state index contributed by atoms with van der Waals surface area (Å²) in [6.07, 6.45) is 3.20. The van der Waals surface area contributed by atoms with E-state index in [1.807, 2.05) is 0 Å². The van der Waals surface area contributed by atoms with Gasteiger partial charge in [0.2, 0.25) is 5.82 Å². The van der Waals surface area contributed by atoms with Gasteiger partial charge >= 0.3 is 0 Å². The second-order valence-corrected chi connectivity index (χ2v) is 3.60. The van der Waals surface area contributed by atoms with Crippen LogP contribution in [0.3, 0.4) is 0 Å². The smallest absolute Gasteiger partial charge is 0.261 e. The second kappa shape index (κ2) is 3.95. The summed E-state index contributed by atoms with van der Waals surface area (Å²) in [6, 6.07) is 4.26. The first-order valence-electron chi connectivity index (χ1n) is 5.13. The van der Waals surface area contributed by atoms with E-state index in [2.05, 4.69) is 20.1 Å². The number of benzene rings is 1. The van der Waals surface area contributed by atoms with Crippen LogP contribution < -0.4 is 5.73 Å². The van der Waals surface area contributed by atoms with Gasteiger partial charge in [-0.1, -0.05) is 5.16 Å². The van der Waals surface area contributed by atoms with Crippen molar-refractivity contribution in [1.29, 1.82) is 0 Å². The van der Waals surface area contributed by atoms with E-state index in [1.165, 1.54) is 12.1 Å². The summed E-state index contributed by atoms with van der Waals surface area (Å²) in [5.74, 6) is 0.302. The van der Waals surface area contributed by atoms with Crippen molar-refractivity contribution >= 4 is 5.69 Å². The zero-order valence-electron chi connectivity index (χ0n) is 9.09. The minimum Gasteiger partial charge on any atom is -0.399 e. The van der Waals surface area contributed by atoms with Crippen LogP contribution in [0.4, 0.5) is 10.1 Å². The fourth-order valence-corrected chi connectivity index (χ4v) is 1.52. The van der Waals surface area contributed by atoms with E-state index >= 15 is 0 Å². The Labute approximate surface area is 101 Å². The van der Waals surface area contributed by atoms with E-state index in [1.54, 1.807) is 18.5 Å². The minimum absolute atomic E-state index is 0.0823. The number of aromatic nitrogens is 4. The van der Waals surface area contributed by atoms with Gasteiger partial charge in [-0.2, -0.15) is 4.98 Å². The van der Waals surface area contributed by atoms with Crippen molar-refractivity contribution < 1.29 is 8.91 Å². The van der Waals surface area contributed by atoms with Crippen LogP contribution in [0.5, 0.6) is 0 Å². The van der Waals surface area contributed by atoms with Gasteiger partial charge in [0.05, 0.1) is 5.56 Å². The molecule has 0 bridgehead atoms. The molecule has 3 N–H and O–H groups in total. The predicted molar refractivity (Wildman–Crippen MR) is 61.7 cm³/mol. The standard InChI is InChI=1S/C11H8FN5O/c12-8-5-6(13)1-2-7(8)11-16-10(17-18-11)9-14-3-4-15-9/h1-5H,13H2,(H,14,15). The third-order valence-electron chi connectivity index (χ3n) is 2.36. The van der Waals surface area contributed by atoms with Crippen molar-refractivity contribution in [3.63, 3.8) is 0 Å². The van der Waals surface area contributed by atoms with Crippen LogP contribution in [0, 0.1) is 5.82 Å². The number of H-pyrrole nitrogens is 1. The number of anilines is 1. The lowest BCUT2D eigenvalue weighted by atomic mass is 10.2. The van der Waals surface area contributed by atoms with Crippen molar-refractivity contribution in [2.75, 3.05) is 5.73 Å². The average molecular weight is 245 g/mol. The molecular formula is C11H8FN5O. The molecule has 0 atom stereocenters. The summed E-state index contributed by atoms with van der Waals surface area (Å²) in [7, 11) is 0. The maximum atomic E-state index is 13.7. The maximum absolute atomic E-state index is 13.7. The summed E-state index contributed by atoms with van der Waals surface area (Å²) >= 11 is 0. The highest BCUT2D eigenvalue weighted by molar-refractivity contribution is 5.59. The molecule has 0 aliphatic heterocycles. The molecule has 0 aliphatic rings. The van der Waals surface area contributed by atoms with E-state index in [0.717, 1.165) is 0 Å². The molecule has 90 valence electrons. The van der Waals surface area contributed by atoms with Gasteiger partial charge in [0.1, 0.15) is 5.82 Å². The molecule has 2 aromatic heterocycles. The molecule has 0 spiro atoms. The lowest BCUT2D eigenvalue weighted by Crippen LogP contribution is -1.89. The Morgan fingerprint density at radius 2 is 2.22 bits per heavy atom. The fourth-order valence-electron chi connectivity index (χ4n) is 1.52. The van der Waals surface area contributed by atoms with Gasteiger partial charge in [-0.3, -0.25) is 0 Å². The molecule has 0 fully saturated rings. The highest BCUT2D eigenvalue weighted by Gasteiger charge is 2.15. The Kier molecular flexibility index (Phi) is 2.30. The third kappa shape index (κ3) is 1.71. The molecule has 1 aromatic carbocycles. The highest BCUT2D eigenvalue weighted by Crippen LogP contribution is 2.24. The van der Waals surface area contributed by atoms with Crippen LogP contribution >= 0.6 is 0 Å². The molecule has 2 heterocycles. The number of halogens is 1. The van der Waals surface area contributed by atoms with Crippen LogP contribution in [0.2, 0.25) is 0 Å². The first kappa shape index (κ1) is 10.5. The van der Waals surface area contributed by atoms with E-state index in [4.69, 9.17) is 10.3 Å². The van der Waals surface area contributed by atoms with E-state index in [0.29, 0.717) is 11.5 Å². The van der Waals surface area contributed by atoms with Gasteiger partial charge in [-0.25, -0.2) is 9.37 Å². The van der Waals surface area contributed by atoms with Crippen molar-refractivity contribution in [2.24, 2.45) is 0 Å². The number of hydrogen-bond acceptors (Lipinski definition) is 5. The van der Waals surface area contributed by atoms with Crippen LogP contribution in [0.1, 0.15) is 0 Å². The average Bonchev–Trinajstić information content (AvgIpc) is 2.99. The molecule has 0 saturated carbocycles. The number of hydrogen-bond donors (Lipinski definition) is 2. The Bertz CT molecular complexity index is 677. The molecular weight excluding hydrogens is 237 g/mol. The topological polar surface area (TPSA) is 93.6 Å². The van der Waals surface area contributed by atoms with E-state index in [9.17, 15) is 4.39 Å². The van der Waals surface area contributed by atoms with Crippen molar-refractivity contribution in [3.8, 4) is 23.1 Å². The monoisotopic (exact) mass is 245 g/mol. The van der Waals surface area contributed by atoms with Crippen molar-refractivity contribution in [1.82, 2.24) is 20.1 Å². The van der Waals surface area contributed by atoms with Gasteiger partial charge in [-0.15, -0.1) is 0 Å². The quantitative estimate of drug-likeness (QED) is 0.672. The molecule has 0 amide bonds. The zero-order valence-corrected chi connectivity index (χ0v) is 9.09. The second-order valence-electron chi connectivity index (χ2n) is 3.60. The first-order chi connectivity index (χ1) is 8.74. The number of nitrogens with zero attached hydrogens (tertiary/aromatic N) is 3. The van der Waals surface area contributed by atoms with Gasteiger partial charge < -0.3 is 15.2 Å². The number of nitrogens with two attached hydrogens (primary N) is 1. The number of aromatic amines is 1. The summed E-state index contributed by atoms with van der Waals surface area (Å²) in [5, 5.41) is 3.72. The Hall–Kier alpha value is -2.70. The summed E-state index contributed by atoms with van der Waals surface area (Å²) in [4.78, 5) is 10.9. The number of rotatable bonds is 2. The van der Waals surface area contributed by atoms with Gasteiger partial charge in [0.15, 0.2) is 5.82 Å². The van der Waals surface area contributed by atoms with E-state index < -0.39 is 5.82 Å². The molecule has 6 nitrogen and oxygen atoms in total. The highest BCUT2D eigenvalue weighted by atomic mass is 19.1. The van der Waals surface area contributed by atoms with Crippen LogP contribution in [0.25, 0.3) is 23.1 Å². The third-order valence-corrected chi connectivity index (χ3v) is 2.36. The SMILES string of the molecule is Nc1ccc(-c2nc(-c3ncc[nH]3)no2)c(F)c1. The number of nitrogens with one attached hydrogen (secondary N) is 1. The normalized spacial score (nSPS) is 10.7. The number of nitrogen functional groups attached to an aromatic ring is 1. The minimum atomic E-state index is -0.510.